The van der Waals surface area contributed by atoms with E-state index < -0.39 is 11.9 Å². The Bertz CT molecular complexity index is 2750. The molecule has 0 spiro atoms. The molecule has 2 atom stereocenters. The predicted octanol–water partition coefficient (Wildman–Crippen LogP) is 5.86. The molecule has 1 unspecified atom stereocenters. The predicted molar refractivity (Wildman–Crippen MR) is 242 cm³/mol. The van der Waals surface area contributed by atoms with E-state index in [0.717, 1.165) is 66.4 Å². The molecule has 2 fully saturated rings. The molecule has 3 aromatic carbocycles. The van der Waals surface area contributed by atoms with Crippen molar-refractivity contribution in [2.24, 2.45) is 0 Å². The number of nitrogens with zero attached hydrogens (tertiary/aromatic N) is 5. The van der Waals surface area contributed by atoms with Crippen LogP contribution >= 0.6 is 0 Å². The maximum atomic E-state index is 13.6. The maximum absolute atomic E-state index is 13.6. The number of nitrogens with one attached hydrogen (secondary N) is 4. The number of hydrogen-bond donors (Lipinski definition) is 4. The van der Waals surface area contributed by atoms with Gasteiger partial charge in [-0.15, -0.1) is 0 Å². The lowest BCUT2D eigenvalue weighted by atomic mass is 10.0. The summed E-state index contributed by atoms with van der Waals surface area (Å²) in [4.78, 5) is 84.0. The fourth-order valence-corrected chi connectivity index (χ4v) is 8.98. The normalized spacial score (nSPS) is 17.4. The van der Waals surface area contributed by atoms with Crippen molar-refractivity contribution >= 4 is 57.7 Å². The third kappa shape index (κ3) is 9.67. The molecular formula is C49H51N9O7. The Morgan fingerprint density at radius 2 is 1.69 bits per heavy atom. The number of anilines is 1. The fraction of sp³-hybridized carbons (Fsp3) is 0.347. The first-order valence-corrected chi connectivity index (χ1v) is 22.5. The Kier molecular flexibility index (Phi) is 12.8. The molecule has 3 aliphatic rings. The Balaban J connectivity index is 0.659. The Hall–Kier alpha value is -7.20. The van der Waals surface area contributed by atoms with Gasteiger partial charge in [-0.2, -0.15) is 5.10 Å². The SMILES string of the molecule is O=C(CN[C@H]1CCCN(C(=O)c2ccc(-c3ccc4ncc(-c5cc6ccccc6o5)n4n3)cc2)C1)NCCCCCCCC(=O)Nc1cccc2c1CN(C1CCC(=O)NC1=O)C2=O. The molecule has 0 radical (unpaired) electrons. The monoisotopic (exact) mass is 877 g/mol. The lowest BCUT2D eigenvalue weighted by molar-refractivity contribution is -0.137. The number of carbonyl (C=O) groups is 6. The van der Waals surface area contributed by atoms with Crippen LogP contribution in [-0.2, 0) is 25.7 Å². The molecule has 3 aliphatic heterocycles. The first kappa shape index (κ1) is 43.1. The van der Waals surface area contributed by atoms with Crippen molar-refractivity contribution in [2.45, 2.75) is 82.8 Å². The first-order chi connectivity index (χ1) is 31.7. The number of para-hydroxylation sites is 1. The lowest BCUT2D eigenvalue weighted by Crippen LogP contribution is -2.52. The number of amides is 6. The molecule has 9 rings (SSSR count). The summed E-state index contributed by atoms with van der Waals surface area (Å²) in [5.41, 5.74) is 6.14. The molecule has 6 heterocycles. The van der Waals surface area contributed by atoms with Gasteiger partial charge < -0.3 is 30.2 Å². The van der Waals surface area contributed by atoms with Crippen molar-refractivity contribution in [1.82, 2.24) is 40.3 Å². The van der Waals surface area contributed by atoms with Crippen molar-refractivity contribution in [3.8, 4) is 22.7 Å². The smallest absolute Gasteiger partial charge is 0.255 e. The number of rotatable bonds is 16. The van der Waals surface area contributed by atoms with Crippen LogP contribution in [0.15, 0.2) is 95.5 Å². The number of fused-ring (bicyclic) bond motifs is 3. The molecule has 4 N–H and O–H groups in total. The second kappa shape index (κ2) is 19.3. The average molecular weight is 878 g/mol. The molecule has 334 valence electrons. The highest BCUT2D eigenvalue weighted by Gasteiger charge is 2.40. The topological polar surface area (TPSA) is 200 Å². The van der Waals surface area contributed by atoms with Crippen LogP contribution in [0.5, 0.6) is 0 Å². The van der Waals surface area contributed by atoms with Gasteiger partial charge in [-0.1, -0.05) is 55.7 Å². The van der Waals surface area contributed by atoms with Gasteiger partial charge in [0.1, 0.15) is 17.3 Å². The molecule has 0 aliphatic carbocycles. The summed E-state index contributed by atoms with van der Waals surface area (Å²) in [6, 6.07) is 25.6. The van der Waals surface area contributed by atoms with Crippen molar-refractivity contribution < 1.29 is 33.2 Å². The highest BCUT2D eigenvalue weighted by atomic mass is 16.3. The summed E-state index contributed by atoms with van der Waals surface area (Å²) >= 11 is 0. The number of likely N-dealkylation sites (tertiary alicyclic amines) is 1. The van der Waals surface area contributed by atoms with Gasteiger partial charge in [-0.3, -0.25) is 34.1 Å². The van der Waals surface area contributed by atoms with Gasteiger partial charge in [-0.05, 0) is 80.6 Å². The van der Waals surface area contributed by atoms with Crippen LogP contribution < -0.4 is 21.3 Å². The molecular weight excluding hydrogens is 827 g/mol. The first-order valence-electron chi connectivity index (χ1n) is 22.5. The third-order valence-electron chi connectivity index (χ3n) is 12.5. The van der Waals surface area contributed by atoms with Crippen molar-refractivity contribution in [3.63, 3.8) is 0 Å². The molecule has 6 aromatic rings. The number of carbonyl (C=O) groups excluding carboxylic acids is 6. The summed E-state index contributed by atoms with van der Waals surface area (Å²) < 4.78 is 7.85. The number of aromatic nitrogens is 3. The quantitative estimate of drug-likeness (QED) is 0.0675. The lowest BCUT2D eigenvalue weighted by Gasteiger charge is -2.33. The van der Waals surface area contributed by atoms with Gasteiger partial charge in [0.05, 0.1) is 18.4 Å². The average Bonchev–Trinajstić information content (AvgIpc) is 4.04. The van der Waals surface area contributed by atoms with Gasteiger partial charge in [0.2, 0.25) is 23.6 Å². The summed E-state index contributed by atoms with van der Waals surface area (Å²) in [5, 5.41) is 17.5. The van der Waals surface area contributed by atoms with Gasteiger partial charge in [-0.25, -0.2) is 9.50 Å². The van der Waals surface area contributed by atoms with E-state index in [1.807, 2.05) is 71.6 Å². The van der Waals surface area contributed by atoms with Crippen LogP contribution in [0.25, 0.3) is 39.3 Å². The summed E-state index contributed by atoms with van der Waals surface area (Å²) in [7, 11) is 0. The van der Waals surface area contributed by atoms with E-state index in [0.29, 0.717) is 66.3 Å². The molecule has 3 aromatic heterocycles. The third-order valence-corrected chi connectivity index (χ3v) is 12.5. The van der Waals surface area contributed by atoms with Gasteiger partial charge in [0.25, 0.3) is 11.8 Å². The number of furan rings is 1. The minimum Gasteiger partial charge on any atom is -0.454 e. The number of imide groups is 1. The fourth-order valence-electron chi connectivity index (χ4n) is 8.98. The second-order valence-electron chi connectivity index (χ2n) is 17.0. The van der Waals surface area contributed by atoms with Crippen molar-refractivity contribution in [2.75, 3.05) is 31.5 Å². The number of hydrogen-bond acceptors (Lipinski definition) is 10. The zero-order chi connectivity index (χ0) is 44.9. The van der Waals surface area contributed by atoms with Crippen LogP contribution in [0.2, 0.25) is 0 Å². The minimum absolute atomic E-state index is 0.0137. The molecule has 2 saturated heterocycles. The van der Waals surface area contributed by atoms with E-state index in [2.05, 4.69) is 26.3 Å². The summed E-state index contributed by atoms with van der Waals surface area (Å²) in [5.74, 6) is -0.677. The standard InChI is InChI=1S/C49H51N9O7/c59-44(53-38-13-8-12-35-36(38)30-57(49(35)64)39-21-23-45(60)54-47(39)62)15-4-2-1-3-7-24-50-46(61)28-51-34-11-9-25-56(29-34)48(63)32-18-16-31(17-19-32)37-20-22-43-52-27-40(58(43)55-37)42-26-33-10-5-6-14-41(33)65-42/h5-6,8,10,12-14,16-20,22,26-27,34,39,51H,1-4,7,9,11,15,21,23-25,28-30H2,(H,50,61)(H,53,59)(H,54,60,62)/t34-,39?/m0/s1. The van der Waals surface area contributed by atoms with Gasteiger partial charge >= 0.3 is 0 Å². The van der Waals surface area contributed by atoms with E-state index in [9.17, 15) is 28.8 Å². The summed E-state index contributed by atoms with van der Waals surface area (Å²) in [6.45, 7) is 2.11. The summed E-state index contributed by atoms with van der Waals surface area (Å²) in [6.07, 6.45) is 8.51. The van der Waals surface area contributed by atoms with E-state index in [1.54, 1.807) is 28.9 Å². The van der Waals surface area contributed by atoms with Crippen molar-refractivity contribution in [1.29, 1.82) is 0 Å². The Labute approximate surface area is 375 Å². The van der Waals surface area contributed by atoms with E-state index in [4.69, 9.17) is 9.52 Å². The van der Waals surface area contributed by atoms with E-state index in [-0.39, 0.29) is 61.5 Å². The van der Waals surface area contributed by atoms with Crippen LogP contribution in [0.1, 0.15) is 90.5 Å². The Morgan fingerprint density at radius 1 is 0.862 bits per heavy atom. The van der Waals surface area contributed by atoms with Crippen LogP contribution in [0.3, 0.4) is 0 Å². The number of piperidine rings is 2. The van der Waals surface area contributed by atoms with Crippen molar-refractivity contribution in [3.05, 3.63) is 108 Å². The molecule has 6 amide bonds. The number of unbranched alkanes of at least 4 members (excludes halogenated alkanes) is 4. The minimum atomic E-state index is -0.715. The zero-order valence-electron chi connectivity index (χ0n) is 36.0. The van der Waals surface area contributed by atoms with Crippen LogP contribution in [-0.4, -0.2) is 98.1 Å². The molecule has 16 nitrogen and oxygen atoms in total. The van der Waals surface area contributed by atoms with E-state index >= 15 is 0 Å². The van der Waals surface area contributed by atoms with Gasteiger partial charge in [0, 0.05) is 78.4 Å². The number of benzene rings is 3. The number of imidazole rings is 1. The zero-order valence-corrected chi connectivity index (χ0v) is 36.0. The van der Waals surface area contributed by atoms with Gasteiger partial charge in [0.15, 0.2) is 11.4 Å². The Morgan fingerprint density at radius 3 is 2.54 bits per heavy atom. The molecule has 0 bridgehead atoms. The van der Waals surface area contributed by atoms with E-state index in [1.165, 1.54) is 4.90 Å². The maximum Gasteiger partial charge on any atom is 0.255 e. The van der Waals surface area contributed by atoms with Crippen LogP contribution in [0, 0.1) is 0 Å². The highest BCUT2D eigenvalue weighted by Crippen LogP contribution is 2.33. The second-order valence-corrected chi connectivity index (χ2v) is 17.0. The van der Waals surface area contributed by atoms with Crippen LogP contribution in [0.4, 0.5) is 5.69 Å². The largest absolute Gasteiger partial charge is 0.454 e. The molecule has 16 heteroatoms. The molecule has 0 saturated carbocycles. The molecule has 65 heavy (non-hydrogen) atoms. The highest BCUT2D eigenvalue weighted by molar-refractivity contribution is 6.07.